The Morgan fingerprint density at radius 2 is 1.80 bits per heavy atom. The van der Waals surface area contributed by atoms with Crippen LogP contribution in [0.2, 0.25) is 0 Å². The van der Waals surface area contributed by atoms with Crippen LogP contribution < -0.4 is 0 Å². The molecule has 1 heterocycles. The average Bonchev–Trinajstić information content (AvgIpc) is 2.46. The lowest BCUT2D eigenvalue weighted by atomic mass is 10.1. The van der Waals surface area contributed by atoms with Crippen molar-refractivity contribution >= 4 is 21.7 Å². The van der Waals surface area contributed by atoms with E-state index in [2.05, 4.69) is 5.16 Å². The fourth-order valence-corrected chi connectivity index (χ4v) is 2.68. The maximum absolute atomic E-state index is 11.9. The second kappa shape index (κ2) is 6.04. The lowest BCUT2D eigenvalue weighted by molar-refractivity contribution is -0.128. The molecule has 2 rings (SSSR count). The maximum Gasteiger partial charge on any atom is 0.358 e. The van der Waals surface area contributed by atoms with Crippen LogP contribution in [0.1, 0.15) is 19.8 Å². The highest BCUT2D eigenvalue weighted by Gasteiger charge is 2.19. The highest BCUT2D eigenvalue weighted by atomic mass is 32.2. The van der Waals surface area contributed by atoms with E-state index in [1.54, 1.807) is 23.1 Å². The topological polar surface area (TPSA) is 76.0 Å². The highest BCUT2D eigenvalue weighted by molar-refractivity contribution is 7.86. The van der Waals surface area contributed by atoms with Gasteiger partial charge in [-0.3, -0.25) is 9.08 Å². The Morgan fingerprint density at radius 1 is 1.20 bits per heavy atom. The van der Waals surface area contributed by atoms with Crippen molar-refractivity contribution in [2.24, 2.45) is 5.16 Å². The summed E-state index contributed by atoms with van der Waals surface area (Å²) in [7, 11) is -3.86. The summed E-state index contributed by atoms with van der Waals surface area (Å²) < 4.78 is 28.4. The van der Waals surface area contributed by atoms with Crippen molar-refractivity contribution in [3.63, 3.8) is 0 Å². The zero-order valence-electron chi connectivity index (χ0n) is 11.2. The van der Waals surface area contributed by atoms with Crippen LogP contribution in [0.3, 0.4) is 0 Å². The smallest absolute Gasteiger partial charge is 0.342 e. The number of carbonyl (C=O) groups is 1. The third-order valence-electron chi connectivity index (χ3n) is 3.08. The van der Waals surface area contributed by atoms with Gasteiger partial charge >= 0.3 is 10.1 Å². The molecule has 0 aliphatic carbocycles. The number of benzene rings is 1. The number of piperidine rings is 1. The molecule has 1 aliphatic heterocycles. The number of amides is 1. The van der Waals surface area contributed by atoms with Crippen molar-refractivity contribution in [1.82, 2.24) is 4.90 Å². The summed E-state index contributed by atoms with van der Waals surface area (Å²) in [5.74, 6) is 0.0156. The van der Waals surface area contributed by atoms with E-state index in [1.165, 1.54) is 19.1 Å². The number of likely N-dealkylation sites (tertiary alicyclic amines) is 1. The first-order chi connectivity index (χ1) is 9.49. The lowest BCUT2D eigenvalue weighted by Crippen LogP contribution is -2.37. The predicted molar refractivity (Wildman–Crippen MR) is 73.6 cm³/mol. The van der Waals surface area contributed by atoms with Crippen molar-refractivity contribution < 1.29 is 17.5 Å². The van der Waals surface area contributed by atoms with Crippen LogP contribution in [0.5, 0.6) is 0 Å². The molecule has 0 radical (unpaired) electrons. The maximum atomic E-state index is 11.9. The molecule has 6 nitrogen and oxygen atoms in total. The molecule has 1 aromatic carbocycles. The van der Waals surface area contributed by atoms with E-state index in [0.29, 0.717) is 31.6 Å². The molecule has 1 fully saturated rings. The molecule has 20 heavy (non-hydrogen) atoms. The average molecular weight is 296 g/mol. The van der Waals surface area contributed by atoms with Gasteiger partial charge in [0, 0.05) is 32.9 Å². The first-order valence-electron chi connectivity index (χ1n) is 6.29. The van der Waals surface area contributed by atoms with Gasteiger partial charge in [0.1, 0.15) is 4.90 Å². The van der Waals surface area contributed by atoms with E-state index in [0.717, 1.165) is 0 Å². The molecular weight excluding hydrogens is 280 g/mol. The fraction of sp³-hybridized carbons (Fsp3) is 0.385. The third kappa shape index (κ3) is 3.57. The van der Waals surface area contributed by atoms with Gasteiger partial charge in [0.05, 0.1) is 5.71 Å². The first kappa shape index (κ1) is 14.5. The van der Waals surface area contributed by atoms with Gasteiger partial charge in [-0.2, -0.15) is 8.42 Å². The largest absolute Gasteiger partial charge is 0.358 e. The number of rotatable bonds is 3. The SMILES string of the molecule is CC(=O)N1CCC(=NOS(=O)(=O)c2ccccc2)CC1. The van der Waals surface area contributed by atoms with E-state index in [1.807, 2.05) is 0 Å². The fourth-order valence-electron chi connectivity index (χ4n) is 1.90. The van der Waals surface area contributed by atoms with Crippen LogP contribution in [0.25, 0.3) is 0 Å². The summed E-state index contributed by atoms with van der Waals surface area (Å²) in [6.07, 6.45) is 1.06. The number of hydrogen-bond donors (Lipinski definition) is 0. The minimum absolute atomic E-state index is 0.0156. The molecule has 0 aromatic heterocycles. The van der Waals surface area contributed by atoms with Crippen LogP contribution >= 0.6 is 0 Å². The lowest BCUT2D eigenvalue weighted by Gasteiger charge is -2.25. The predicted octanol–water partition coefficient (Wildman–Crippen LogP) is 1.39. The van der Waals surface area contributed by atoms with Gasteiger partial charge < -0.3 is 4.90 Å². The Morgan fingerprint density at radius 3 is 2.35 bits per heavy atom. The van der Waals surface area contributed by atoms with Crippen molar-refractivity contribution in [3.05, 3.63) is 30.3 Å². The standard InChI is InChI=1S/C13H16N2O4S/c1-11(16)15-9-7-12(8-10-15)14-19-20(17,18)13-5-3-2-4-6-13/h2-6H,7-10H2,1H3. The molecular formula is C13H16N2O4S. The van der Waals surface area contributed by atoms with Crippen LogP contribution in [0.15, 0.2) is 40.4 Å². The van der Waals surface area contributed by atoms with E-state index >= 15 is 0 Å². The number of nitrogens with zero attached hydrogens (tertiary/aromatic N) is 2. The molecule has 1 saturated heterocycles. The zero-order valence-corrected chi connectivity index (χ0v) is 12.0. The van der Waals surface area contributed by atoms with Gasteiger partial charge in [0.2, 0.25) is 5.91 Å². The second-order valence-electron chi connectivity index (χ2n) is 4.51. The van der Waals surface area contributed by atoms with E-state index < -0.39 is 10.1 Å². The molecule has 0 atom stereocenters. The number of oxime groups is 1. The zero-order chi connectivity index (χ0) is 14.6. The third-order valence-corrected chi connectivity index (χ3v) is 4.20. The first-order valence-corrected chi connectivity index (χ1v) is 7.70. The number of carbonyl (C=O) groups excluding carboxylic acids is 1. The second-order valence-corrected chi connectivity index (χ2v) is 6.03. The van der Waals surface area contributed by atoms with Gasteiger partial charge in [-0.05, 0) is 12.1 Å². The van der Waals surface area contributed by atoms with Gasteiger partial charge in [0.25, 0.3) is 0 Å². The van der Waals surface area contributed by atoms with Gasteiger partial charge in [-0.15, -0.1) is 0 Å². The number of hydrogen-bond acceptors (Lipinski definition) is 5. The van der Waals surface area contributed by atoms with Crippen molar-refractivity contribution in [2.75, 3.05) is 13.1 Å². The van der Waals surface area contributed by atoms with E-state index in [-0.39, 0.29) is 10.8 Å². The molecule has 0 bridgehead atoms. The summed E-state index contributed by atoms with van der Waals surface area (Å²) in [6, 6.07) is 7.87. The summed E-state index contributed by atoms with van der Waals surface area (Å²) in [5.41, 5.74) is 0.655. The van der Waals surface area contributed by atoms with E-state index in [4.69, 9.17) is 4.28 Å². The molecule has 0 spiro atoms. The van der Waals surface area contributed by atoms with Crippen LogP contribution in [-0.4, -0.2) is 38.0 Å². The van der Waals surface area contributed by atoms with Crippen molar-refractivity contribution in [3.8, 4) is 0 Å². The Kier molecular flexibility index (Phi) is 4.39. The Labute approximate surface area is 118 Å². The Hall–Kier alpha value is -1.89. The van der Waals surface area contributed by atoms with E-state index in [9.17, 15) is 13.2 Å². The van der Waals surface area contributed by atoms with Crippen LogP contribution in [0.4, 0.5) is 0 Å². The summed E-state index contributed by atoms with van der Waals surface area (Å²) in [5, 5.41) is 3.72. The van der Waals surface area contributed by atoms with Gasteiger partial charge in [-0.1, -0.05) is 23.4 Å². The molecule has 1 aromatic rings. The molecule has 0 N–H and O–H groups in total. The molecule has 0 unspecified atom stereocenters. The molecule has 1 amide bonds. The molecule has 1 aliphatic rings. The monoisotopic (exact) mass is 296 g/mol. The quantitative estimate of drug-likeness (QED) is 0.790. The van der Waals surface area contributed by atoms with Gasteiger partial charge in [-0.25, -0.2) is 0 Å². The van der Waals surface area contributed by atoms with Crippen molar-refractivity contribution in [1.29, 1.82) is 0 Å². The molecule has 0 saturated carbocycles. The van der Waals surface area contributed by atoms with Gasteiger partial charge in [0.15, 0.2) is 0 Å². The summed E-state index contributed by atoms with van der Waals surface area (Å²) in [4.78, 5) is 12.9. The summed E-state index contributed by atoms with van der Waals surface area (Å²) in [6.45, 7) is 2.60. The minimum Gasteiger partial charge on any atom is -0.342 e. The van der Waals surface area contributed by atoms with Crippen LogP contribution in [0, 0.1) is 0 Å². The normalized spacial score (nSPS) is 15.8. The van der Waals surface area contributed by atoms with Crippen LogP contribution in [-0.2, 0) is 19.2 Å². The summed E-state index contributed by atoms with van der Waals surface area (Å²) >= 11 is 0. The molecule has 7 heteroatoms. The Balaban J connectivity index is 1.99. The molecule has 108 valence electrons. The van der Waals surface area contributed by atoms with Crippen molar-refractivity contribution in [2.45, 2.75) is 24.7 Å². The Bertz CT molecular complexity index is 601. The minimum atomic E-state index is -3.86. The highest BCUT2D eigenvalue weighted by Crippen LogP contribution is 2.14.